The summed E-state index contributed by atoms with van der Waals surface area (Å²) in [6.45, 7) is 8.67. The molecule has 0 aromatic rings. The minimum Gasteiger partial charge on any atom is -0.458 e. The summed E-state index contributed by atoms with van der Waals surface area (Å²) in [5.74, 6) is 4.31. The van der Waals surface area contributed by atoms with Crippen molar-refractivity contribution in [1.82, 2.24) is 0 Å². The molecule has 0 aromatic carbocycles. The average molecular weight is 339 g/mol. The molecule has 1 unspecified atom stereocenters. The fourth-order valence-corrected chi connectivity index (χ4v) is 6.90. The van der Waals surface area contributed by atoms with Crippen molar-refractivity contribution in [2.75, 3.05) is 12.0 Å². The van der Waals surface area contributed by atoms with E-state index in [1.54, 1.807) is 11.8 Å². The Morgan fingerprint density at radius 1 is 1.17 bits per heavy atom. The Balaban J connectivity index is 1.83. The third-order valence-electron chi connectivity index (χ3n) is 7.54. The van der Waals surface area contributed by atoms with E-state index < -0.39 is 0 Å². The highest BCUT2D eigenvalue weighted by molar-refractivity contribution is 7.98. The van der Waals surface area contributed by atoms with Crippen molar-refractivity contribution in [3.8, 4) is 0 Å². The molecule has 0 aliphatic heterocycles. The van der Waals surface area contributed by atoms with Crippen LogP contribution in [0, 0.1) is 35.0 Å². The molecule has 4 saturated carbocycles. The molecule has 4 bridgehead atoms. The number of esters is 1. The van der Waals surface area contributed by atoms with E-state index in [1.165, 1.54) is 32.1 Å². The molecule has 0 N–H and O–H groups in total. The van der Waals surface area contributed by atoms with Gasteiger partial charge in [0.25, 0.3) is 0 Å². The number of rotatable bonds is 6. The number of ether oxygens (including phenoxy) is 1. The van der Waals surface area contributed by atoms with Gasteiger partial charge in [-0.15, -0.1) is 0 Å². The van der Waals surface area contributed by atoms with Crippen LogP contribution in [0.2, 0.25) is 0 Å². The first-order valence-corrected chi connectivity index (χ1v) is 11.0. The van der Waals surface area contributed by atoms with Crippen LogP contribution >= 0.6 is 11.8 Å². The number of hydrogen-bond acceptors (Lipinski definition) is 3. The predicted molar refractivity (Wildman–Crippen MR) is 97.5 cm³/mol. The first kappa shape index (κ1) is 17.6. The Hall–Kier alpha value is -0.180. The fourth-order valence-electron chi connectivity index (χ4n) is 5.85. The lowest BCUT2D eigenvalue weighted by Gasteiger charge is -2.60. The van der Waals surface area contributed by atoms with Gasteiger partial charge in [0, 0.05) is 5.75 Å². The molecule has 4 aliphatic carbocycles. The highest BCUT2D eigenvalue weighted by Gasteiger charge is 2.59. The molecular formula is C20H34O2S. The topological polar surface area (TPSA) is 26.3 Å². The summed E-state index contributed by atoms with van der Waals surface area (Å²) in [6.07, 6.45) is 9.73. The molecule has 0 radical (unpaired) electrons. The van der Waals surface area contributed by atoms with Gasteiger partial charge < -0.3 is 4.74 Å². The Morgan fingerprint density at radius 2 is 1.70 bits per heavy atom. The second kappa shape index (κ2) is 6.28. The molecule has 0 saturated heterocycles. The monoisotopic (exact) mass is 338 g/mol. The van der Waals surface area contributed by atoms with E-state index in [0.717, 1.165) is 24.0 Å². The Labute approximate surface area is 146 Å². The van der Waals surface area contributed by atoms with Crippen LogP contribution in [0.25, 0.3) is 0 Å². The van der Waals surface area contributed by atoms with Crippen LogP contribution in [0.15, 0.2) is 0 Å². The van der Waals surface area contributed by atoms with Crippen molar-refractivity contribution in [3.05, 3.63) is 0 Å². The summed E-state index contributed by atoms with van der Waals surface area (Å²) < 4.78 is 6.49. The minimum absolute atomic E-state index is 0.0659. The van der Waals surface area contributed by atoms with Crippen LogP contribution < -0.4 is 0 Å². The first-order valence-electron chi connectivity index (χ1n) is 9.58. The fraction of sp³-hybridized carbons (Fsp3) is 0.950. The van der Waals surface area contributed by atoms with Crippen LogP contribution in [0.1, 0.15) is 66.2 Å². The highest BCUT2D eigenvalue weighted by Crippen LogP contribution is 2.61. The number of carbonyl (C=O) groups excluding carboxylic acids is 1. The van der Waals surface area contributed by atoms with Gasteiger partial charge in [0.15, 0.2) is 0 Å². The van der Waals surface area contributed by atoms with Crippen molar-refractivity contribution in [3.63, 3.8) is 0 Å². The van der Waals surface area contributed by atoms with Gasteiger partial charge in [-0.05, 0) is 81.3 Å². The molecule has 0 spiro atoms. The summed E-state index contributed by atoms with van der Waals surface area (Å²) in [5.41, 5.74) is -0.519. The Morgan fingerprint density at radius 3 is 2.09 bits per heavy atom. The SMILES string of the molecule is CCC1(OC(=O)C(C)(CSC)C(C)C)C2CC3CC(C2)CC1C3. The molecule has 4 aliphatic rings. The van der Waals surface area contributed by atoms with Gasteiger partial charge in [0.1, 0.15) is 5.60 Å². The zero-order valence-electron chi connectivity index (χ0n) is 15.6. The van der Waals surface area contributed by atoms with Crippen molar-refractivity contribution in [1.29, 1.82) is 0 Å². The molecular weight excluding hydrogens is 304 g/mol. The van der Waals surface area contributed by atoms with Gasteiger partial charge in [-0.3, -0.25) is 4.79 Å². The maximum Gasteiger partial charge on any atom is 0.313 e. The summed E-state index contributed by atoms with van der Waals surface area (Å²) in [4.78, 5) is 13.2. The van der Waals surface area contributed by atoms with Gasteiger partial charge in [-0.2, -0.15) is 11.8 Å². The lowest BCUT2D eigenvalue weighted by atomic mass is 9.49. The molecule has 0 amide bonds. The van der Waals surface area contributed by atoms with E-state index in [0.29, 0.717) is 17.8 Å². The maximum absolute atomic E-state index is 13.2. The summed E-state index contributed by atoms with van der Waals surface area (Å²) in [7, 11) is 0. The zero-order valence-corrected chi connectivity index (χ0v) is 16.4. The maximum atomic E-state index is 13.2. The van der Waals surface area contributed by atoms with E-state index in [2.05, 4.69) is 34.0 Å². The first-order chi connectivity index (χ1) is 10.9. The normalized spacial score (nSPS) is 41.1. The largest absolute Gasteiger partial charge is 0.458 e. The summed E-state index contributed by atoms with van der Waals surface area (Å²) in [5, 5.41) is 0. The second-order valence-corrected chi connectivity index (χ2v) is 9.87. The zero-order chi connectivity index (χ0) is 16.8. The van der Waals surface area contributed by atoms with Gasteiger partial charge in [-0.25, -0.2) is 0 Å². The third-order valence-corrected chi connectivity index (χ3v) is 8.43. The lowest BCUT2D eigenvalue weighted by molar-refractivity contribution is -0.219. The average Bonchev–Trinajstić information content (AvgIpc) is 2.50. The predicted octanol–water partition coefficient (Wildman–Crippen LogP) is 5.16. The summed E-state index contributed by atoms with van der Waals surface area (Å²) in [6, 6.07) is 0. The molecule has 3 heteroatoms. The van der Waals surface area contributed by atoms with E-state index >= 15 is 0 Å². The van der Waals surface area contributed by atoms with Crippen LogP contribution in [-0.2, 0) is 9.53 Å². The standard InChI is InChI=1S/C20H34O2S/c1-6-20(22-18(21)19(4,12-23-5)13(2)3)16-8-14-7-15(10-16)11-17(20)9-14/h13-17H,6-12H2,1-5H3. The molecule has 0 heterocycles. The number of thioether (sulfide) groups is 1. The van der Waals surface area contributed by atoms with Gasteiger partial charge in [-0.1, -0.05) is 20.8 Å². The molecule has 132 valence electrons. The van der Waals surface area contributed by atoms with Crippen molar-refractivity contribution in [2.45, 2.75) is 71.8 Å². The van der Waals surface area contributed by atoms with Crippen LogP contribution in [0.3, 0.4) is 0 Å². The van der Waals surface area contributed by atoms with E-state index in [4.69, 9.17) is 4.74 Å². The molecule has 4 rings (SSSR count). The van der Waals surface area contributed by atoms with Crippen molar-refractivity contribution in [2.24, 2.45) is 35.0 Å². The summed E-state index contributed by atoms with van der Waals surface area (Å²) >= 11 is 1.76. The minimum atomic E-state index is -0.365. The quantitative estimate of drug-likeness (QED) is 0.626. The Bertz CT molecular complexity index is 431. The van der Waals surface area contributed by atoms with Crippen LogP contribution in [-0.4, -0.2) is 23.6 Å². The van der Waals surface area contributed by atoms with Crippen molar-refractivity contribution >= 4 is 17.7 Å². The van der Waals surface area contributed by atoms with Crippen LogP contribution in [0.4, 0.5) is 0 Å². The van der Waals surface area contributed by atoms with Crippen LogP contribution in [0.5, 0.6) is 0 Å². The molecule has 0 aromatic heterocycles. The smallest absolute Gasteiger partial charge is 0.313 e. The van der Waals surface area contributed by atoms with E-state index in [-0.39, 0.29) is 17.0 Å². The molecule has 2 nitrogen and oxygen atoms in total. The highest BCUT2D eigenvalue weighted by atomic mass is 32.2. The lowest BCUT2D eigenvalue weighted by Crippen LogP contribution is -2.60. The van der Waals surface area contributed by atoms with Gasteiger partial charge in [0.2, 0.25) is 0 Å². The van der Waals surface area contributed by atoms with Gasteiger partial charge in [0.05, 0.1) is 5.41 Å². The molecule has 4 fully saturated rings. The molecule has 23 heavy (non-hydrogen) atoms. The molecule has 1 atom stereocenters. The van der Waals surface area contributed by atoms with E-state index in [9.17, 15) is 4.79 Å². The van der Waals surface area contributed by atoms with Crippen molar-refractivity contribution < 1.29 is 9.53 Å². The van der Waals surface area contributed by atoms with E-state index in [1.807, 2.05) is 0 Å². The Kier molecular flexibility index (Phi) is 4.81. The number of hydrogen-bond donors (Lipinski definition) is 0. The van der Waals surface area contributed by atoms with Gasteiger partial charge >= 0.3 is 5.97 Å². The third kappa shape index (κ3) is 2.75. The second-order valence-electron chi connectivity index (χ2n) is 9.01. The number of carbonyl (C=O) groups is 1.